The van der Waals surface area contributed by atoms with E-state index in [1.165, 1.54) is 11.3 Å². The number of nitrogens with zero attached hydrogens (tertiary/aromatic N) is 1. The van der Waals surface area contributed by atoms with Crippen LogP contribution in [0.25, 0.3) is 0 Å². The Hall–Kier alpha value is -2.08. The van der Waals surface area contributed by atoms with Gasteiger partial charge in [0, 0.05) is 0 Å². The molecule has 3 N–H and O–H groups in total. The van der Waals surface area contributed by atoms with E-state index in [1.807, 2.05) is 31.2 Å². The van der Waals surface area contributed by atoms with Crippen LogP contribution in [0, 0.1) is 6.92 Å². The van der Waals surface area contributed by atoms with E-state index in [-0.39, 0.29) is 11.9 Å². The number of nitrogens with two attached hydrogens (primary N) is 1. The van der Waals surface area contributed by atoms with E-state index in [0.717, 1.165) is 11.3 Å². The maximum Gasteiger partial charge on any atom is 0.263 e. The molecule has 1 aromatic heterocycles. The second-order valence-electron chi connectivity index (χ2n) is 4.44. The number of rotatable bonds is 4. The number of carbonyl (C=O) groups excluding carboxylic acids is 1. The highest BCUT2D eigenvalue weighted by atomic mass is 32.1. The monoisotopic (exact) mass is 291 g/mol. The van der Waals surface area contributed by atoms with E-state index in [1.54, 1.807) is 14.0 Å². The maximum atomic E-state index is 12.2. The van der Waals surface area contributed by atoms with Crippen LogP contribution < -0.4 is 15.8 Å². The maximum absolute atomic E-state index is 12.2. The molecule has 20 heavy (non-hydrogen) atoms. The quantitative estimate of drug-likeness (QED) is 0.907. The van der Waals surface area contributed by atoms with Gasteiger partial charge >= 0.3 is 0 Å². The molecule has 5 nitrogen and oxygen atoms in total. The second-order valence-corrected chi connectivity index (χ2v) is 5.47. The Labute approximate surface area is 121 Å². The molecule has 1 heterocycles. The Balaban J connectivity index is 2.12. The first-order chi connectivity index (χ1) is 9.51. The number of amides is 1. The number of benzene rings is 1. The largest absolute Gasteiger partial charge is 0.497 e. The van der Waals surface area contributed by atoms with Crippen molar-refractivity contribution in [2.24, 2.45) is 0 Å². The highest BCUT2D eigenvalue weighted by Crippen LogP contribution is 2.22. The Morgan fingerprint density at radius 1 is 1.50 bits per heavy atom. The minimum Gasteiger partial charge on any atom is -0.497 e. The van der Waals surface area contributed by atoms with E-state index in [0.29, 0.717) is 15.7 Å². The van der Waals surface area contributed by atoms with Gasteiger partial charge in [-0.3, -0.25) is 4.79 Å². The molecule has 0 saturated heterocycles. The normalized spacial score (nSPS) is 11.9. The molecule has 0 unspecified atom stereocenters. The molecule has 1 aromatic carbocycles. The number of carbonyl (C=O) groups is 1. The van der Waals surface area contributed by atoms with Crippen molar-refractivity contribution >= 4 is 22.4 Å². The number of hydrogen-bond acceptors (Lipinski definition) is 5. The summed E-state index contributed by atoms with van der Waals surface area (Å²) in [5.41, 5.74) is 7.24. The zero-order valence-electron chi connectivity index (χ0n) is 11.6. The number of aromatic nitrogens is 1. The number of thiazole rings is 1. The molecule has 0 aliphatic heterocycles. The SMILES string of the molecule is COc1cccc([C@@H](C)NC(=O)c2sc(N)nc2C)c1. The zero-order chi connectivity index (χ0) is 14.7. The van der Waals surface area contributed by atoms with Gasteiger partial charge in [0.15, 0.2) is 5.13 Å². The van der Waals surface area contributed by atoms with Crippen LogP contribution in [0.5, 0.6) is 5.75 Å². The summed E-state index contributed by atoms with van der Waals surface area (Å²) in [5.74, 6) is 0.605. The van der Waals surface area contributed by atoms with E-state index in [9.17, 15) is 4.79 Å². The molecule has 0 spiro atoms. The number of nitrogen functional groups attached to an aromatic ring is 1. The molecule has 2 rings (SSSR count). The topological polar surface area (TPSA) is 77.2 Å². The lowest BCUT2D eigenvalue weighted by Crippen LogP contribution is -2.26. The Kier molecular flexibility index (Phi) is 4.24. The van der Waals surface area contributed by atoms with E-state index < -0.39 is 0 Å². The lowest BCUT2D eigenvalue weighted by molar-refractivity contribution is 0.0943. The molecule has 0 saturated carbocycles. The van der Waals surface area contributed by atoms with Crippen LogP contribution in [0.1, 0.15) is 33.9 Å². The van der Waals surface area contributed by atoms with Crippen molar-refractivity contribution in [1.82, 2.24) is 10.3 Å². The van der Waals surface area contributed by atoms with Gasteiger partial charge in [-0.15, -0.1) is 0 Å². The van der Waals surface area contributed by atoms with Gasteiger partial charge in [-0.1, -0.05) is 23.5 Å². The molecule has 6 heteroatoms. The number of hydrogen-bond donors (Lipinski definition) is 2. The molecule has 0 fully saturated rings. The fraction of sp³-hybridized carbons (Fsp3) is 0.286. The summed E-state index contributed by atoms with van der Waals surface area (Å²) in [6, 6.07) is 7.49. The lowest BCUT2D eigenvalue weighted by atomic mass is 10.1. The first kappa shape index (κ1) is 14.3. The molecule has 1 atom stereocenters. The summed E-state index contributed by atoms with van der Waals surface area (Å²) in [6.07, 6.45) is 0. The minimum absolute atomic E-state index is 0.125. The van der Waals surface area contributed by atoms with Crippen molar-refractivity contribution in [3.63, 3.8) is 0 Å². The summed E-state index contributed by atoms with van der Waals surface area (Å²) in [4.78, 5) is 16.8. The molecule has 0 bridgehead atoms. The highest BCUT2D eigenvalue weighted by Gasteiger charge is 2.17. The van der Waals surface area contributed by atoms with Crippen LogP contribution in [-0.4, -0.2) is 18.0 Å². The van der Waals surface area contributed by atoms with Crippen LogP contribution >= 0.6 is 11.3 Å². The van der Waals surface area contributed by atoms with Crippen molar-refractivity contribution in [1.29, 1.82) is 0 Å². The van der Waals surface area contributed by atoms with E-state index in [4.69, 9.17) is 10.5 Å². The third-order valence-electron chi connectivity index (χ3n) is 2.96. The van der Waals surface area contributed by atoms with Crippen molar-refractivity contribution in [3.05, 3.63) is 40.4 Å². The molecule has 2 aromatic rings. The average molecular weight is 291 g/mol. The summed E-state index contributed by atoms with van der Waals surface area (Å²) in [6.45, 7) is 3.70. The van der Waals surface area contributed by atoms with Crippen LogP contribution in [-0.2, 0) is 0 Å². The second kappa shape index (κ2) is 5.92. The molecular formula is C14H17N3O2S. The van der Waals surface area contributed by atoms with E-state index in [2.05, 4.69) is 10.3 Å². The van der Waals surface area contributed by atoms with Gasteiger partial charge in [-0.2, -0.15) is 0 Å². The zero-order valence-corrected chi connectivity index (χ0v) is 12.5. The lowest BCUT2D eigenvalue weighted by Gasteiger charge is -2.14. The first-order valence-corrected chi connectivity index (χ1v) is 7.00. The predicted octanol–water partition coefficient (Wildman–Crippen LogP) is 2.53. The van der Waals surface area contributed by atoms with Gasteiger partial charge in [0.05, 0.1) is 18.8 Å². The number of aryl methyl sites for hydroxylation is 1. The van der Waals surface area contributed by atoms with Crippen LogP contribution in [0.3, 0.4) is 0 Å². The fourth-order valence-electron chi connectivity index (χ4n) is 1.88. The smallest absolute Gasteiger partial charge is 0.263 e. The Bertz CT molecular complexity index is 625. The van der Waals surface area contributed by atoms with Crippen molar-refractivity contribution in [2.45, 2.75) is 19.9 Å². The number of methoxy groups -OCH3 is 1. The summed E-state index contributed by atoms with van der Waals surface area (Å²) in [5, 5.41) is 3.34. The highest BCUT2D eigenvalue weighted by molar-refractivity contribution is 7.17. The summed E-state index contributed by atoms with van der Waals surface area (Å²) in [7, 11) is 1.62. The average Bonchev–Trinajstić information content (AvgIpc) is 2.77. The van der Waals surface area contributed by atoms with E-state index >= 15 is 0 Å². The Morgan fingerprint density at radius 3 is 2.85 bits per heavy atom. The van der Waals surface area contributed by atoms with Crippen LogP contribution in [0.2, 0.25) is 0 Å². The molecular weight excluding hydrogens is 274 g/mol. The number of nitrogens with one attached hydrogen (secondary N) is 1. The van der Waals surface area contributed by atoms with Gasteiger partial charge in [0.1, 0.15) is 10.6 Å². The molecule has 0 aliphatic rings. The first-order valence-electron chi connectivity index (χ1n) is 6.19. The van der Waals surface area contributed by atoms with Gasteiger partial charge in [0.2, 0.25) is 0 Å². The predicted molar refractivity (Wildman–Crippen MR) is 80.1 cm³/mol. The van der Waals surface area contributed by atoms with Gasteiger partial charge in [-0.25, -0.2) is 4.98 Å². The summed E-state index contributed by atoms with van der Waals surface area (Å²) >= 11 is 1.20. The van der Waals surface area contributed by atoms with Crippen molar-refractivity contribution < 1.29 is 9.53 Å². The molecule has 1 amide bonds. The molecule has 0 radical (unpaired) electrons. The van der Waals surface area contributed by atoms with Crippen molar-refractivity contribution in [3.8, 4) is 5.75 Å². The Morgan fingerprint density at radius 2 is 2.25 bits per heavy atom. The fourth-order valence-corrected chi connectivity index (χ4v) is 2.62. The number of ether oxygens (including phenoxy) is 1. The molecule has 0 aliphatic carbocycles. The minimum atomic E-state index is -0.160. The third kappa shape index (κ3) is 3.08. The third-order valence-corrected chi connectivity index (χ3v) is 3.95. The van der Waals surface area contributed by atoms with Crippen molar-refractivity contribution in [2.75, 3.05) is 12.8 Å². The summed E-state index contributed by atoms with van der Waals surface area (Å²) < 4.78 is 5.18. The van der Waals surface area contributed by atoms with Gasteiger partial charge < -0.3 is 15.8 Å². The van der Waals surface area contributed by atoms with Crippen LogP contribution in [0.15, 0.2) is 24.3 Å². The standard InChI is InChI=1S/C14H17N3O2S/c1-8(10-5-4-6-11(7-10)19-3)16-13(18)12-9(2)17-14(15)20-12/h4-8H,1-3H3,(H2,15,17)(H,16,18)/t8-/m1/s1. The van der Waals surface area contributed by atoms with Gasteiger partial charge in [-0.05, 0) is 31.5 Å². The number of anilines is 1. The van der Waals surface area contributed by atoms with Crippen LogP contribution in [0.4, 0.5) is 5.13 Å². The molecule has 106 valence electrons. The van der Waals surface area contributed by atoms with Gasteiger partial charge in [0.25, 0.3) is 5.91 Å².